The summed E-state index contributed by atoms with van der Waals surface area (Å²) in [6.07, 6.45) is 4.10. The van der Waals surface area contributed by atoms with Gasteiger partial charge in [-0.3, -0.25) is 4.79 Å². The smallest absolute Gasteiger partial charge is 0.243 e. The zero-order valence-corrected chi connectivity index (χ0v) is 13.6. The van der Waals surface area contributed by atoms with Crippen LogP contribution in [0.15, 0.2) is 0 Å². The van der Waals surface area contributed by atoms with Crippen molar-refractivity contribution >= 4 is 5.91 Å². The Balaban J connectivity index is 2.23. The molecule has 3 unspecified atom stereocenters. The van der Waals surface area contributed by atoms with E-state index < -0.39 is 5.54 Å². The topological polar surface area (TPSA) is 55.6 Å². The van der Waals surface area contributed by atoms with Crippen LogP contribution in [0.4, 0.5) is 0 Å². The first kappa shape index (κ1) is 15.8. The van der Waals surface area contributed by atoms with E-state index in [0.29, 0.717) is 0 Å². The largest absolute Gasteiger partial charge is 0.377 e. The van der Waals surface area contributed by atoms with Gasteiger partial charge >= 0.3 is 0 Å². The van der Waals surface area contributed by atoms with Crippen LogP contribution in [0, 0.1) is 11.3 Å². The number of hydrogen-bond donors (Lipinski definition) is 1. The molecule has 1 amide bonds. The molecule has 0 aromatic heterocycles. The van der Waals surface area contributed by atoms with Gasteiger partial charge < -0.3 is 15.4 Å². The fourth-order valence-corrected chi connectivity index (χ4v) is 4.30. The van der Waals surface area contributed by atoms with Crippen LogP contribution in [-0.2, 0) is 9.53 Å². The maximum Gasteiger partial charge on any atom is 0.243 e. The molecule has 1 saturated heterocycles. The van der Waals surface area contributed by atoms with Gasteiger partial charge in [-0.1, -0.05) is 27.7 Å². The van der Waals surface area contributed by atoms with Crippen LogP contribution in [-0.4, -0.2) is 42.1 Å². The predicted molar refractivity (Wildman–Crippen MR) is 80.3 cm³/mol. The fraction of sp³-hybridized carbons (Fsp3) is 0.938. The van der Waals surface area contributed by atoms with Gasteiger partial charge in [-0.05, 0) is 25.7 Å². The molecule has 0 aromatic carbocycles. The second kappa shape index (κ2) is 5.30. The highest BCUT2D eigenvalue weighted by Crippen LogP contribution is 2.58. The summed E-state index contributed by atoms with van der Waals surface area (Å²) in [7, 11) is 1.90. The second-order valence-electron chi connectivity index (χ2n) is 7.02. The summed E-state index contributed by atoms with van der Waals surface area (Å²) in [5.41, 5.74) is 5.60. The molecule has 2 rings (SSSR count). The number of ether oxygens (including phenoxy) is 1. The van der Waals surface area contributed by atoms with Crippen LogP contribution in [0.25, 0.3) is 0 Å². The van der Waals surface area contributed by atoms with E-state index in [0.717, 1.165) is 32.3 Å². The number of rotatable bonds is 4. The Bertz CT molecular complexity index is 379. The molecule has 0 radical (unpaired) electrons. The lowest BCUT2D eigenvalue weighted by Crippen LogP contribution is -2.82. The summed E-state index contributed by atoms with van der Waals surface area (Å²) in [5.74, 6) is 0.276. The molecular formula is C16H30N2O2. The third-order valence-corrected chi connectivity index (χ3v) is 5.85. The first-order chi connectivity index (χ1) is 9.32. The molecule has 2 N–H and O–H groups in total. The summed E-state index contributed by atoms with van der Waals surface area (Å²) < 4.78 is 5.88. The molecule has 4 nitrogen and oxygen atoms in total. The molecule has 2 fully saturated rings. The molecule has 1 heterocycles. The molecule has 1 aliphatic carbocycles. The highest BCUT2D eigenvalue weighted by molar-refractivity contribution is 5.89. The summed E-state index contributed by atoms with van der Waals surface area (Å²) in [4.78, 5) is 14.9. The molecular weight excluding hydrogens is 252 g/mol. The lowest BCUT2D eigenvalue weighted by Gasteiger charge is -2.65. The van der Waals surface area contributed by atoms with Crippen LogP contribution in [0.2, 0.25) is 0 Å². The maximum atomic E-state index is 13.0. The Morgan fingerprint density at radius 3 is 2.55 bits per heavy atom. The van der Waals surface area contributed by atoms with Crippen molar-refractivity contribution in [3.8, 4) is 0 Å². The van der Waals surface area contributed by atoms with Crippen LogP contribution < -0.4 is 5.73 Å². The predicted octanol–water partition coefficient (Wildman–Crippen LogP) is 2.17. The number of carbonyl (C=O) groups excluding carboxylic acids is 1. The van der Waals surface area contributed by atoms with Gasteiger partial charge in [0.15, 0.2) is 0 Å². The molecule has 2 aliphatic rings. The van der Waals surface area contributed by atoms with Gasteiger partial charge in [0, 0.05) is 31.0 Å². The number of fused-ring (bicyclic) bond motifs is 1. The van der Waals surface area contributed by atoms with Gasteiger partial charge in [0.1, 0.15) is 5.54 Å². The maximum absolute atomic E-state index is 13.0. The Labute approximate surface area is 123 Å². The van der Waals surface area contributed by atoms with E-state index in [9.17, 15) is 4.79 Å². The van der Waals surface area contributed by atoms with Crippen LogP contribution in [0.1, 0.15) is 53.4 Å². The van der Waals surface area contributed by atoms with Crippen molar-refractivity contribution in [2.75, 3.05) is 13.7 Å². The minimum absolute atomic E-state index is 0.1000. The molecule has 0 bridgehead atoms. The average Bonchev–Trinajstić information content (AvgIpc) is 2.46. The minimum Gasteiger partial charge on any atom is -0.377 e. The lowest BCUT2D eigenvalue weighted by atomic mass is 9.46. The van der Waals surface area contributed by atoms with Gasteiger partial charge in [0.2, 0.25) is 5.91 Å². The molecule has 4 heteroatoms. The summed E-state index contributed by atoms with van der Waals surface area (Å²) in [5, 5.41) is 0. The van der Waals surface area contributed by atoms with Crippen molar-refractivity contribution in [2.45, 2.75) is 71.1 Å². The highest BCUT2D eigenvalue weighted by atomic mass is 16.5. The Morgan fingerprint density at radius 1 is 1.40 bits per heavy atom. The van der Waals surface area contributed by atoms with E-state index in [-0.39, 0.29) is 29.4 Å². The molecule has 20 heavy (non-hydrogen) atoms. The second-order valence-corrected chi connectivity index (χ2v) is 7.02. The SMILES string of the molecule is CCC(CC)N(C)C(=O)C1(N)C2CCCOC2C1(C)C. The summed E-state index contributed by atoms with van der Waals surface area (Å²) in [6.45, 7) is 9.21. The van der Waals surface area contributed by atoms with Crippen molar-refractivity contribution in [3.05, 3.63) is 0 Å². The molecule has 116 valence electrons. The molecule has 3 atom stereocenters. The van der Waals surface area contributed by atoms with E-state index in [2.05, 4.69) is 27.7 Å². The summed E-state index contributed by atoms with van der Waals surface area (Å²) in [6, 6.07) is 0.280. The average molecular weight is 282 g/mol. The summed E-state index contributed by atoms with van der Waals surface area (Å²) >= 11 is 0. The van der Waals surface area contributed by atoms with Gasteiger partial charge in [0.05, 0.1) is 6.10 Å². The van der Waals surface area contributed by atoms with E-state index in [1.54, 1.807) is 0 Å². The van der Waals surface area contributed by atoms with Gasteiger partial charge in [0.25, 0.3) is 0 Å². The zero-order chi connectivity index (χ0) is 15.1. The third kappa shape index (κ3) is 1.92. The van der Waals surface area contributed by atoms with Gasteiger partial charge in [-0.25, -0.2) is 0 Å². The number of nitrogens with zero attached hydrogens (tertiary/aromatic N) is 1. The van der Waals surface area contributed by atoms with E-state index in [1.807, 2.05) is 11.9 Å². The zero-order valence-electron chi connectivity index (χ0n) is 13.6. The minimum atomic E-state index is -0.768. The number of nitrogens with two attached hydrogens (primary N) is 1. The van der Waals surface area contributed by atoms with E-state index in [4.69, 9.17) is 10.5 Å². The molecule has 1 aliphatic heterocycles. The first-order valence-corrected chi connectivity index (χ1v) is 8.00. The number of likely N-dealkylation sites (N-methyl/N-ethyl adjacent to an activating group) is 1. The van der Waals surface area contributed by atoms with Crippen LogP contribution in [0.5, 0.6) is 0 Å². The number of hydrogen-bond acceptors (Lipinski definition) is 3. The van der Waals surface area contributed by atoms with Gasteiger partial charge in [-0.15, -0.1) is 0 Å². The highest BCUT2D eigenvalue weighted by Gasteiger charge is 2.70. The normalized spacial score (nSPS) is 35.4. The van der Waals surface area contributed by atoms with Crippen molar-refractivity contribution in [1.29, 1.82) is 0 Å². The van der Waals surface area contributed by atoms with Crippen molar-refractivity contribution < 1.29 is 9.53 Å². The number of carbonyl (C=O) groups is 1. The molecule has 1 saturated carbocycles. The number of amides is 1. The Morgan fingerprint density at radius 2 is 2.00 bits per heavy atom. The van der Waals surface area contributed by atoms with E-state index in [1.165, 1.54) is 0 Å². The Kier molecular flexibility index (Phi) is 4.18. The van der Waals surface area contributed by atoms with Gasteiger partial charge in [-0.2, -0.15) is 0 Å². The Hall–Kier alpha value is -0.610. The van der Waals surface area contributed by atoms with Crippen molar-refractivity contribution in [2.24, 2.45) is 17.1 Å². The fourth-order valence-electron chi connectivity index (χ4n) is 4.30. The lowest BCUT2D eigenvalue weighted by molar-refractivity contribution is -0.230. The first-order valence-electron chi connectivity index (χ1n) is 8.00. The standard InChI is InChI=1S/C16H30N2O2/c1-6-11(7-2)18(5)14(19)16(17)12-9-8-10-20-13(12)15(16,3)4/h11-13H,6-10,17H2,1-5H3. The van der Waals surface area contributed by atoms with Crippen LogP contribution >= 0.6 is 0 Å². The third-order valence-electron chi connectivity index (χ3n) is 5.85. The molecule has 0 aromatic rings. The quantitative estimate of drug-likeness (QED) is 0.859. The van der Waals surface area contributed by atoms with Crippen molar-refractivity contribution in [1.82, 2.24) is 4.90 Å². The van der Waals surface area contributed by atoms with E-state index >= 15 is 0 Å². The van der Waals surface area contributed by atoms with Crippen molar-refractivity contribution in [3.63, 3.8) is 0 Å². The van der Waals surface area contributed by atoms with Crippen LogP contribution in [0.3, 0.4) is 0 Å². The monoisotopic (exact) mass is 282 g/mol. The molecule has 0 spiro atoms.